The molecule has 2 aromatic rings. The summed E-state index contributed by atoms with van der Waals surface area (Å²) in [7, 11) is 0. The number of ether oxygens (including phenoxy) is 1. The first-order valence-electron chi connectivity index (χ1n) is 9.49. The van der Waals surface area contributed by atoms with Crippen molar-refractivity contribution in [2.24, 2.45) is 5.73 Å². The number of carbonyl (C=O) groups is 2. The lowest BCUT2D eigenvalue weighted by Gasteiger charge is -2.19. The molecule has 7 nitrogen and oxygen atoms in total. The highest BCUT2D eigenvalue weighted by molar-refractivity contribution is 5.85. The van der Waals surface area contributed by atoms with Crippen LogP contribution in [0.3, 0.4) is 0 Å². The Morgan fingerprint density at radius 2 is 1.90 bits per heavy atom. The number of primary amides is 1. The van der Waals surface area contributed by atoms with Gasteiger partial charge in [-0.1, -0.05) is 30.3 Å². The monoisotopic (exact) mass is 418 g/mol. The summed E-state index contributed by atoms with van der Waals surface area (Å²) < 4.78 is 5.84. The molecule has 3 amide bonds. The maximum absolute atomic E-state index is 12.4. The third-order valence-corrected chi connectivity index (χ3v) is 4.65. The lowest BCUT2D eigenvalue weighted by atomic mass is 10.0. The molecule has 156 valence electrons. The van der Waals surface area contributed by atoms with E-state index in [-0.39, 0.29) is 24.7 Å². The van der Waals surface area contributed by atoms with E-state index in [0.717, 1.165) is 24.9 Å². The molecule has 2 aromatic carbocycles. The average Bonchev–Trinajstić information content (AvgIpc) is 3.20. The summed E-state index contributed by atoms with van der Waals surface area (Å²) in [6.07, 6.45) is 2.28. The van der Waals surface area contributed by atoms with E-state index >= 15 is 0 Å². The van der Waals surface area contributed by atoms with Gasteiger partial charge < -0.3 is 26.4 Å². The number of amides is 3. The second kappa shape index (κ2) is 11.3. The van der Waals surface area contributed by atoms with Crippen LogP contribution in [0.15, 0.2) is 54.6 Å². The summed E-state index contributed by atoms with van der Waals surface area (Å²) in [5.41, 5.74) is 6.07. The van der Waals surface area contributed by atoms with Crippen LogP contribution < -0.4 is 26.4 Å². The van der Waals surface area contributed by atoms with Gasteiger partial charge in [0, 0.05) is 12.6 Å². The first-order valence-corrected chi connectivity index (χ1v) is 9.49. The molecule has 3 rings (SSSR count). The van der Waals surface area contributed by atoms with Crippen molar-refractivity contribution in [3.05, 3.63) is 60.2 Å². The number of halogens is 1. The summed E-state index contributed by atoms with van der Waals surface area (Å²) in [5, 5.41) is 8.92. The maximum atomic E-state index is 12.4. The zero-order valence-electron chi connectivity index (χ0n) is 16.1. The average molecular weight is 419 g/mol. The Morgan fingerprint density at radius 3 is 2.59 bits per heavy atom. The molecule has 1 fully saturated rings. The smallest absolute Gasteiger partial charge is 0.312 e. The molecule has 0 saturated carbocycles. The number of nitrogens with two attached hydrogens (primary N) is 1. The van der Waals surface area contributed by atoms with Crippen molar-refractivity contribution in [1.82, 2.24) is 16.0 Å². The van der Waals surface area contributed by atoms with Gasteiger partial charge in [0.05, 0.1) is 12.5 Å². The molecule has 2 unspecified atom stereocenters. The van der Waals surface area contributed by atoms with Gasteiger partial charge in [-0.25, -0.2) is 4.79 Å². The molecule has 1 heterocycles. The van der Waals surface area contributed by atoms with Gasteiger partial charge in [-0.05, 0) is 49.2 Å². The van der Waals surface area contributed by atoms with E-state index in [9.17, 15) is 9.59 Å². The molecule has 0 spiro atoms. The fourth-order valence-corrected chi connectivity index (χ4v) is 3.27. The number of benzene rings is 2. The zero-order valence-corrected chi connectivity index (χ0v) is 16.9. The Hall–Kier alpha value is -2.77. The van der Waals surface area contributed by atoms with Crippen molar-refractivity contribution in [2.45, 2.75) is 31.3 Å². The number of hydrogen-bond donors (Lipinski definition) is 4. The molecule has 0 aliphatic carbocycles. The highest BCUT2D eigenvalue weighted by Gasteiger charge is 2.20. The Kier molecular flexibility index (Phi) is 8.76. The van der Waals surface area contributed by atoms with E-state index in [4.69, 9.17) is 10.5 Å². The van der Waals surface area contributed by atoms with Crippen molar-refractivity contribution in [3.8, 4) is 11.5 Å². The van der Waals surface area contributed by atoms with E-state index in [2.05, 4.69) is 16.0 Å². The van der Waals surface area contributed by atoms with Crippen molar-refractivity contribution in [2.75, 3.05) is 13.1 Å². The van der Waals surface area contributed by atoms with Crippen LogP contribution in [-0.2, 0) is 4.79 Å². The fourth-order valence-electron chi connectivity index (χ4n) is 3.27. The van der Waals surface area contributed by atoms with E-state index in [1.165, 1.54) is 0 Å². The van der Waals surface area contributed by atoms with Gasteiger partial charge in [-0.3, -0.25) is 4.79 Å². The number of para-hydroxylation sites is 1. The van der Waals surface area contributed by atoms with Crippen LogP contribution in [0, 0.1) is 0 Å². The van der Waals surface area contributed by atoms with Gasteiger partial charge >= 0.3 is 6.03 Å². The van der Waals surface area contributed by atoms with Crippen LogP contribution in [0.5, 0.6) is 11.5 Å². The number of hydrogen-bond acceptors (Lipinski definition) is 4. The third kappa shape index (κ3) is 7.29. The zero-order chi connectivity index (χ0) is 19.8. The fraction of sp³-hybridized carbons (Fsp3) is 0.333. The van der Waals surface area contributed by atoms with E-state index < -0.39 is 12.1 Å². The molecule has 5 N–H and O–H groups in total. The van der Waals surface area contributed by atoms with Crippen LogP contribution >= 0.6 is 12.4 Å². The van der Waals surface area contributed by atoms with Crippen LogP contribution in [0.2, 0.25) is 0 Å². The molecule has 2 atom stereocenters. The molecule has 1 saturated heterocycles. The summed E-state index contributed by atoms with van der Waals surface area (Å²) in [6.45, 7) is 1.57. The molecule has 1 aliphatic rings. The standard InChI is InChI=1S/C21H26N4O3.ClH/c22-21(27)25-19(13-20(26)24-14-16-7-5-11-23-16)15-6-4-10-18(12-15)28-17-8-2-1-3-9-17;/h1-4,6,8-10,12,16,19,23H,5,7,11,13-14H2,(H,24,26)(H3,22,25,27);1H. The first-order chi connectivity index (χ1) is 13.6. The van der Waals surface area contributed by atoms with Crippen LogP contribution in [0.25, 0.3) is 0 Å². The minimum atomic E-state index is -0.676. The van der Waals surface area contributed by atoms with E-state index in [1.54, 1.807) is 6.07 Å². The van der Waals surface area contributed by atoms with Crippen LogP contribution in [-0.4, -0.2) is 31.1 Å². The molecule has 0 bridgehead atoms. The number of rotatable bonds is 8. The predicted molar refractivity (Wildman–Crippen MR) is 114 cm³/mol. The lowest BCUT2D eigenvalue weighted by molar-refractivity contribution is -0.121. The van der Waals surface area contributed by atoms with Gasteiger partial charge in [0.15, 0.2) is 0 Å². The SMILES string of the molecule is Cl.NC(=O)NC(CC(=O)NCC1CCCN1)c1cccc(Oc2ccccc2)c1. The molecule has 0 aromatic heterocycles. The summed E-state index contributed by atoms with van der Waals surface area (Å²) in [4.78, 5) is 23.8. The Balaban J connectivity index is 0.00000300. The second-order valence-corrected chi connectivity index (χ2v) is 6.85. The van der Waals surface area contributed by atoms with Crippen molar-refractivity contribution in [3.63, 3.8) is 0 Å². The molecular formula is C21H27ClN4O3. The molecular weight excluding hydrogens is 392 g/mol. The predicted octanol–water partition coefficient (Wildman–Crippen LogP) is 2.87. The topological polar surface area (TPSA) is 105 Å². The third-order valence-electron chi connectivity index (χ3n) is 4.65. The highest BCUT2D eigenvalue weighted by Crippen LogP contribution is 2.26. The van der Waals surface area contributed by atoms with Gasteiger partial charge in [0.2, 0.25) is 5.91 Å². The number of urea groups is 1. The van der Waals surface area contributed by atoms with Gasteiger partial charge in [0.1, 0.15) is 11.5 Å². The Bertz CT molecular complexity index is 798. The quantitative estimate of drug-likeness (QED) is 0.529. The van der Waals surface area contributed by atoms with Crippen molar-refractivity contribution >= 4 is 24.3 Å². The molecule has 1 aliphatic heterocycles. The van der Waals surface area contributed by atoms with Crippen molar-refractivity contribution in [1.29, 1.82) is 0 Å². The Labute approximate surface area is 176 Å². The first kappa shape index (κ1) is 22.5. The highest BCUT2D eigenvalue weighted by atomic mass is 35.5. The van der Waals surface area contributed by atoms with Gasteiger partial charge in [-0.2, -0.15) is 0 Å². The minimum absolute atomic E-state index is 0. The number of carbonyl (C=O) groups excluding carboxylic acids is 2. The molecule has 8 heteroatoms. The second-order valence-electron chi connectivity index (χ2n) is 6.85. The minimum Gasteiger partial charge on any atom is -0.457 e. The molecule has 0 radical (unpaired) electrons. The Morgan fingerprint density at radius 1 is 1.14 bits per heavy atom. The van der Waals surface area contributed by atoms with Crippen LogP contribution in [0.1, 0.15) is 30.9 Å². The summed E-state index contributed by atoms with van der Waals surface area (Å²) in [6, 6.07) is 15.8. The normalized spacial score (nSPS) is 16.3. The summed E-state index contributed by atoms with van der Waals surface area (Å²) in [5.74, 6) is 1.19. The maximum Gasteiger partial charge on any atom is 0.312 e. The lowest BCUT2D eigenvalue weighted by Crippen LogP contribution is -2.40. The van der Waals surface area contributed by atoms with Gasteiger partial charge in [0.25, 0.3) is 0 Å². The van der Waals surface area contributed by atoms with Crippen LogP contribution in [0.4, 0.5) is 4.79 Å². The summed E-state index contributed by atoms with van der Waals surface area (Å²) >= 11 is 0. The largest absolute Gasteiger partial charge is 0.457 e. The van der Waals surface area contributed by atoms with Crippen molar-refractivity contribution < 1.29 is 14.3 Å². The van der Waals surface area contributed by atoms with E-state index in [1.807, 2.05) is 48.5 Å². The number of nitrogens with one attached hydrogen (secondary N) is 3. The molecule has 29 heavy (non-hydrogen) atoms. The van der Waals surface area contributed by atoms with E-state index in [0.29, 0.717) is 24.1 Å². The van der Waals surface area contributed by atoms with Gasteiger partial charge in [-0.15, -0.1) is 12.4 Å².